The highest BCUT2D eigenvalue weighted by Gasteiger charge is 1.78. The summed E-state index contributed by atoms with van der Waals surface area (Å²) >= 11 is 0. The van der Waals surface area contributed by atoms with Crippen molar-refractivity contribution in [3.05, 3.63) is 83.9 Å². The molecule has 0 aliphatic heterocycles. The Morgan fingerprint density at radius 3 is 1.17 bits per heavy atom. The first-order valence-corrected chi connectivity index (χ1v) is 6.22. The predicted molar refractivity (Wildman–Crippen MR) is 82.3 cm³/mol. The van der Waals surface area contributed by atoms with Gasteiger partial charge >= 0.3 is 0 Å². The number of hydrogen-bond donors (Lipinski definition) is 0. The van der Waals surface area contributed by atoms with Gasteiger partial charge in [-0.15, -0.1) is 0 Å². The molecule has 0 heterocycles. The van der Waals surface area contributed by atoms with Crippen LogP contribution in [0.15, 0.2) is 72.8 Å². The Morgan fingerprint density at radius 2 is 0.889 bits per heavy atom. The van der Waals surface area contributed by atoms with Crippen LogP contribution in [0.5, 0.6) is 0 Å². The molecule has 0 aromatic heterocycles. The summed E-state index contributed by atoms with van der Waals surface area (Å²) in [5.41, 5.74) is 2.53. The minimum absolute atomic E-state index is 1.26. The molecule has 0 saturated carbocycles. The van der Waals surface area contributed by atoms with Crippen LogP contribution in [-0.4, -0.2) is 0 Å². The average molecular weight is 236 g/mol. The van der Waals surface area contributed by atoms with E-state index in [0.29, 0.717) is 0 Å². The van der Waals surface area contributed by atoms with Gasteiger partial charge in [0, 0.05) is 0 Å². The van der Waals surface area contributed by atoms with Gasteiger partial charge in [-0.05, 0) is 25.0 Å². The monoisotopic (exact) mass is 236 g/mol. The second-order valence-electron chi connectivity index (χ2n) is 3.82. The van der Waals surface area contributed by atoms with E-state index in [1.807, 2.05) is 62.4 Å². The lowest BCUT2D eigenvalue weighted by Crippen LogP contribution is -1.65. The van der Waals surface area contributed by atoms with E-state index in [2.05, 4.69) is 36.4 Å². The lowest BCUT2D eigenvalue weighted by molar-refractivity contribution is 1.64. The zero-order valence-corrected chi connectivity index (χ0v) is 11.1. The van der Waals surface area contributed by atoms with Crippen molar-refractivity contribution in [2.24, 2.45) is 0 Å². The zero-order valence-electron chi connectivity index (χ0n) is 11.1. The lowest BCUT2D eigenvalue weighted by atomic mass is 10.2. The molecular formula is C18H20. The molecule has 0 unspecified atom stereocenters. The fraction of sp³-hybridized carbons (Fsp3) is 0.111. The van der Waals surface area contributed by atoms with E-state index in [0.717, 1.165) is 0 Å². The van der Waals surface area contributed by atoms with Crippen LogP contribution < -0.4 is 0 Å². The molecule has 0 saturated heterocycles. The third-order valence-corrected chi connectivity index (χ3v) is 2.32. The predicted octanol–water partition coefficient (Wildman–Crippen LogP) is 5.44. The number of hydrogen-bond acceptors (Lipinski definition) is 0. The molecule has 2 rings (SSSR count). The molecule has 18 heavy (non-hydrogen) atoms. The molecule has 92 valence electrons. The Labute approximate surface area is 110 Å². The Balaban J connectivity index is 0.000000180. The van der Waals surface area contributed by atoms with Crippen molar-refractivity contribution < 1.29 is 0 Å². The summed E-state index contributed by atoms with van der Waals surface area (Å²) in [4.78, 5) is 0. The zero-order chi connectivity index (χ0) is 13.1. The van der Waals surface area contributed by atoms with Crippen LogP contribution in [0.25, 0.3) is 12.2 Å². The number of rotatable bonds is 2. The minimum atomic E-state index is 1.26. The largest absolute Gasteiger partial charge is 0.0871 e. The minimum Gasteiger partial charge on any atom is -0.0871 e. The van der Waals surface area contributed by atoms with Gasteiger partial charge in [-0.2, -0.15) is 0 Å². The second-order valence-corrected chi connectivity index (χ2v) is 3.82. The lowest BCUT2D eigenvalue weighted by Gasteiger charge is -1.86. The van der Waals surface area contributed by atoms with Crippen LogP contribution in [0.2, 0.25) is 0 Å². The molecule has 0 radical (unpaired) electrons. The van der Waals surface area contributed by atoms with E-state index in [4.69, 9.17) is 0 Å². The third kappa shape index (κ3) is 5.86. The number of benzene rings is 2. The first-order valence-electron chi connectivity index (χ1n) is 6.22. The summed E-state index contributed by atoms with van der Waals surface area (Å²) in [5, 5.41) is 0. The molecule has 0 fully saturated rings. The number of allylic oxidation sites excluding steroid dienone is 2. The second kappa shape index (κ2) is 9.00. The Hall–Kier alpha value is -2.08. The molecule has 0 atom stereocenters. The standard InChI is InChI=1S/2C9H10/c2*1-2-6-9-7-4-3-5-8-9/h2*2-8H,1H3/b6-2+;6-2-. The van der Waals surface area contributed by atoms with Crippen LogP contribution >= 0.6 is 0 Å². The summed E-state index contributed by atoms with van der Waals surface area (Å²) in [6.07, 6.45) is 8.24. The SMILES string of the molecule is C/C=C/c1ccccc1.C/C=C\c1ccccc1. The fourth-order valence-corrected chi connectivity index (χ4v) is 1.51. The van der Waals surface area contributed by atoms with Crippen LogP contribution in [0.1, 0.15) is 25.0 Å². The highest BCUT2D eigenvalue weighted by molar-refractivity contribution is 5.48. The third-order valence-electron chi connectivity index (χ3n) is 2.32. The Bertz CT molecular complexity index is 416. The van der Waals surface area contributed by atoms with Crippen molar-refractivity contribution in [1.29, 1.82) is 0 Å². The highest BCUT2D eigenvalue weighted by atomic mass is 13.8. The summed E-state index contributed by atoms with van der Waals surface area (Å²) in [7, 11) is 0. The van der Waals surface area contributed by atoms with E-state index in [1.165, 1.54) is 11.1 Å². The van der Waals surface area contributed by atoms with E-state index in [9.17, 15) is 0 Å². The van der Waals surface area contributed by atoms with Crippen molar-refractivity contribution in [1.82, 2.24) is 0 Å². The highest BCUT2D eigenvalue weighted by Crippen LogP contribution is 2.00. The molecule has 0 heteroatoms. The van der Waals surface area contributed by atoms with Crippen molar-refractivity contribution in [2.45, 2.75) is 13.8 Å². The summed E-state index contributed by atoms with van der Waals surface area (Å²) in [6.45, 7) is 4.04. The van der Waals surface area contributed by atoms with E-state index in [1.54, 1.807) is 0 Å². The van der Waals surface area contributed by atoms with Crippen LogP contribution in [0, 0.1) is 0 Å². The maximum atomic E-state index is 2.08. The van der Waals surface area contributed by atoms with Crippen molar-refractivity contribution >= 4 is 12.2 Å². The quantitative estimate of drug-likeness (QED) is 0.651. The Kier molecular flexibility index (Phi) is 6.99. The van der Waals surface area contributed by atoms with Crippen molar-refractivity contribution in [2.75, 3.05) is 0 Å². The van der Waals surface area contributed by atoms with Crippen LogP contribution in [-0.2, 0) is 0 Å². The van der Waals surface area contributed by atoms with E-state index >= 15 is 0 Å². The van der Waals surface area contributed by atoms with E-state index in [-0.39, 0.29) is 0 Å². The molecule has 0 N–H and O–H groups in total. The fourth-order valence-electron chi connectivity index (χ4n) is 1.51. The van der Waals surface area contributed by atoms with Crippen molar-refractivity contribution in [3.63, 3.8) is 0 Å². The molecule has 0 aliphatic rings. The van der Waals surface area contributed by atoms with Gasteiger partial charge in [-0.1, -0.05) is 85.0 Å². The smallest absolute Gasteiger partial charge is 0.0260 e. The molecule has 2 aromatic rings. The van der Waals surface area contributed by atoms with Gasteiger partial charge in [-0.25, -0.2) is 0 Å². The molecule has 0 spiro atoms. The summed E-state index contributed by atoms with van der Waals surface area (Å²) in [5.74, 6) is 0. The molecule has 2 aromatic carbocycles. The van der Waals surface area contributed by atoms with Crippen LogP contribution in [0.4, 0.5) is 0 Å². The maximum absolute atomic E-state index is 2.08. The van der Waals surface area contributed by atoms with Gasteiger partial charge in [0.05, 0.1) is 0 Å². The first kappa shape index (κ1) is 14.0. The van der Waals surface area contributed by atoms with Gasteiger partial charge < -0.3 is 0 Å². The van der Waals surface area contributed by atoms with Gasteiger partial charge in [0.1, 0.15) is 0 Å². The average Bonchev–Trinajstić information content (AvgIpc) is 2.43. The van der Waals surface area contributed by atoms with Crippen LogP contribution in [0.3, 0.4) is 0 Å². The van der Waals surface area contributed by atoms with Gasteiger partial charge in [-0.3, -0.25) is 0 Å². The molecule has 0 amide bonds. The summed E-state index contributed by atoms with van der Waals surface area (Å²) < 4.78 is 0. The van der Waals surface area contributed by atoms with Gasteiger partial charge in [0.2, 0.25) is 0 Å². The molecular weight excluding hydrogens is 216 g/mol. The van der Waals surface area contributed by atoms with E-state index < -0.39 is 0 Å². The molecule has 0 aliphatic carbocycles. The Morgan fingerprint density at radius 1 is 0.556 bits per heavy atom. The molecule has 0 bridgehead atoms. The van der Waals surface area contributed by atoms with Gasteiger partial charge in [0.25, 0.3) is 0 Å². The topological polar surface area (TPSA) is 0 Å². The van der Waals surface area contributed by atoms with Gasteiger partial charge in [0.15, 0.2) is 0 Å². The maximum Gasteiger partial charge on any atom is -0.0260 e. The van der Waals surface area contributed by atoms with Crippen molar-refractivity contribution in [3.8, 4) is 0 Å². The molecule has 0 nitrogen and oxygen atoms in total. The summed E-state index contributed by atoms with van der Waals surface area (Å²) in [6, 6.07) is 20.5. The first-order chi connectivity index (χ1) is 8.86. The normalized spacial score (nSPS) is 10.3.